The summed E-state index contributed by atoms with van der Waals surface area (Å²) in [6.07, 6.45) is 4.17. The molecule has 0 amide bonds. The topological polar surface area (TPSA) is 6.48 Å². The summed E-state index contributed by atoms with van der Waals surface area (Å²) in [4.78, 5) is 5.19. The van der Waals surface area contributed by atoms with Gasteiger partial charge < -0.3 is 4.90 Å². The molecule has 12 heavy (non-hydrogen) atoms. The lowest BCUT2D eigenvalue weighted by Crippen LogP contribution is -2.67. The van der Waals surface area contributed by atoms with Crippen molar-refractivity contribution >= 4 is 0 Å². The van der Waals surface area contributed by atoms with Gasteiger partial charge in [-0.25, -0.2) is 0 Å². The van der Waals surface area contributed by atoms with Crippen LogP contribution in [-0.2, 0) is 0 Å². The van der Waals surface area contributed by atoms with Crippen molar-refractivity contribution in [3.8, 4) is 0 Å². The first-order valence-corrected chi connectivity index (χ1v) is 5.25. The maximum atomic E-state index is 2.64. The Hall–Kier alpha value is -0.0800. The molecule has 3 heterocycles. The molecule has 0 aromatic rings. The van der Waals surface area contributed by atoms with Crippen molar-refractivity contribution in [2.24, 2.45) is 0 Å². The Bertz CT molecular complexity index is 146. The fourth-order valence-electron chi connectivity index (χ4n) is 2.45. The van der Waals surface area contributed by atoms with E-state index < -0.39 is 0 Å². The van der Waals surface area contributed by atoms with Crippen LogP contribution in [0.25, 0.3) is 0 Å². The number of rotatable bonds is 3. The molecule has 0 N–H and O–H groups in total. The lowest BCUT2D eigenvalue weighted by Gasteiger charge is -2.55. The Kier molecular flexibility index (Phi) is 2.37. The quantitative estimate of drug-likeness (QED) is 0.624. The minimum atomic E-state index is 0.889. The summed E-state index contributed by atoms with van der Waals surface area (Å²) in [6, 6.07) is 1.78. The number of unbranched alkanes of at least 4 members (excludes halogenated alkanes) is 1. The first kappa shape index (κ1) is 8.52. The van der Waals surface area contributed by atoms with Crippen LogP contribution in [0.3, 0.4) is 0 Å². The maximum Gasteiger partial charge on any atom is 0.0238 e. The van der Waals surface area contributed by atoms with E-state index in [0.29, 0.717) is 0 Å². The number of nitrogens with zero attached hydrogens (tertiary/aromatic N) is 2. The largest absolute Gasteiger partial charge is 0.300 e. The number of hydrogen-bond acceptors (Lipinski definition) is 2. The first-order valence-electron chi connectivity index (χ1n) is 5.25. The third-order valence-electron chi connectivity index (χ3n) is 3.46. The van der Waals surface area contributed by atoms with Crippen molar-refractivity contribution in [1.82, 2.24) is 9.80 Å². The van der Waals surface area contributed by atoms with E-state index in [9.17, 15) is 0 Å². The Balaban J connectivity index is 1.75. The molecule has 2 nitrogen and oxygen atoms in total. The van der Waals surface area contributed by atoms with Gasteiger partial charge in [0.25, 0.3) is 0 Å². The summed E-state index contributed by atoms with van der Waals surface area (Å²) < 4.78 is 0. The van der Waals surface area contributed by atoms with Crippen molar-refractivity contribution in [2.45, 2.75) is 38.3 Å². The molecular weight excluding hydrogens is 148 g/mol. The van der Waals surface area contributed by atoms with Gasteiger partial charge in [0, 0.05) is 25.2 Å². The van der Waals surface area contributed by atoms with Crippen molar-refractivity contribution < 1.29 is 0 Å². The smallest absolute Gasteiger partial charge is 0.0238 e. The molecule has 2 atom stereocenters. The molecular formula is C10H20N2. The Labute approximate surface area is 75.5 Å². The monoisotopic (exact) mass is 168 g/mol. The van der Waals surface area contributed by atoms with Gasteiger partial charge in [-0.2, -0.15) is 0 Å². The van der Waals surface area contributed by atoms with Gasteiger partial charge in [0.15, 0.2) is 0 Å². The summed E-state index contributed by atoms with van der Waals surface area (Å²) in [7, 11) is 2.27. The van der Waals surface area contributed by atoms with Crippen LogP contribution in [0, 0.1) is 0 Å². The summed E-state index contributed by atoms with van der Waals surface area (Å²) >= 11 is 0. The fraction of sp³-hybridized carbons (Fsp3) is 1.00. The zero-order valence-corrected chi connectivity index (χ0v) is 8.29. The molecule has 3 fully saturated rings. The normalized spacial score (nSPS) is 36.5. The van der Waals surface area contributed by atoms with Crippen LogP contribution in [0.4, 0.5) is 0 Å². The Morgan fingerprint density at radius 2 is 1.92 bits per heavy atom. The standard InChI is InChI=1S/C10H20N2/c1-3-4-5-12-7-9-6-10(8-12)11(9)2/h9-10H,3-8H2,1-2H3. The molecule has 3 rings (SSSR count). The van der Waals surface area contributed by atoms with Gasteiger partial charge in [0.05, 0.1) is 0 Å². The number of likely N-dealkylation sites (N-methyl/N-ethyl adjacent to an activating group) is 1. The first-order chi connectivity index (χ1) is 5.81. The Morgan fingerprint density at radius 1 is 1.25 bits per heavy atom. The molecule has 0 aromatic carbocycles. The molecule has 3 aliphatic rings. The molecule has 70 valence electrons. The van der Waals surface area contributed by atoms with Crippen LogP contribution in [-0.4, -0.2) is 48.6 Å². The zero-order chi connectivity index (χ0) is 8.55. The van der Waals surface area contributed by atoms with Crippen molar-refractivity contribution in [3.63, 3.8) is 0 Å². The molecule has 0 saturated carbocycles. The van der Waals surface area contributed by atoms with Crippen molar-refractivity contribution in [1.29, 1.82) is 0 Å². The van der Waals surface area contributed by atoms with E-state index in [2.05, 4.69) is 23.8 Å². The average molecular weight is 168 g/mol. The highest BCUT2D eigenvalue weighted by atomic mass is 15.3. The number of piperidine rings is 1. The second-order valence-electron chi connectivity index (χ2n) is 4.32. The summed E-state index contributed by atoms with van der Waals surface area (Å²) in [5.41, 5.74) is 0. The van der Waals surface area contributed by atoms with E-state index in [1.54, 1.807) is 0 Å². The predicted octanol–water partition coefficient (Wildman–Crippen LogP) is 1.17. The van der Waals surface area contributed by atoms with Gasteiger partial charge in [-0.3, -0.25) is 4.90 Å². The van der Waals surface area contributed by atoms with Crippen LogP contribution < -0.4 is 0 Å². The zero-order valence-electron chi connectivity index (χ0n) is 8.29. The molecule has 2 heteroatoms. The highest BCUT2D eigenvalue weighted by molar-refractivity contribution is 4.98. The number of fused-ring (bicyclic) bond motifs is 2. The highest BCUT2D eigenvalue weighted by Crippen LogP contribution is 2.29. The maximum absolute atomic E-state index is 2.64. The molecule has 0 spiro atoms. The summed E-state index contributed by atoms with van der Waals surface area (Å²) in [5.74, 6) is 0. The minimum absolute atomic E-state index is 0.889. The van der Waals surface area contributed by atoms with Gasteiger partial charge in [-0.05, 0) is 26.4 Å². The van der Waals surface area contributed by atoms with Crippen LogP contribution in [0.1, 0.15) is 26.2 Å². The molecule has 2 unspecified atom stereocenters. The third kappa shape index (κ3) is 1.38. The van der Waals surface area contributed by atoms with Gasteiger partial charge in [-0.1, -0.05) is 13.3 Å². The number of piperazine rings is 1. The molecule has 3 aliphatic heterocycles. The summed E-state index contributed by atoms with van der Waals surface area (Å²) in [5, 5.41) is 0. The second-order valence-corrected chi connectivity index (χ2v) is 4.32. The van der Waals surface area contributed by atoms with E-state index in [0.717, 1.165) is 12.1 Å². The van der Waals surface area contributed by atoms with Crippen LogP contribution in [0.2, 0.25) is 0 Å². The SMILES string of the molecule is CCCCN1CC2CC(C1)N2C. The predicted molar refractivity (Wildman–Crippen MR) is 51.3 cm³/mol. The van der Waals surface area contributed by atoms with Crippen molar-refractivity contribution in [2.75, 3.05) is 26.7 Å². The molecule has 0 aromatic heterocycles. The number of hydrogen-bond donors (Lipinski definition) is 0. The Morgan fingerprint density at radius 3 is 2.42 bits per heavy atom. The van der Waals surface area contributed by atoms with E-state index >= 15 is 0 Å². The average Bonchev–Trinajstić information content (AvgIpc) is 2.14. The lowest BCUT2D eigenvalue weighted by atomic mass is 9.88. The van der Waals surface area contributed by atoms with E-state index in [1.165, 1.54) is 38.9 Å². The van der Waals surface area contributed by atoms with Gasteiger partial charge in [0.1, 0.15) is 0 Å². The third-order valence-corrected chi connectivity index (χ3v) is 3.46. The molecule has 3 saturated heterocycles. The lowest BCUT2D eigenvalue weighted by molar-refractivity contribution is -0.0504. The van der Waals surface area contributed by atoms with E-state index in [1.807, 2.05) is 0 Å². The minimum Gasteiger partial charge on any atom is -0.300 e. The molecule has 2 bridgehead atoms. The fourth-order valence-corrected chi connectivity index (χ4v) is 2.45. The van der Waals surface area contributed by atoms with Gasteiger partial charge in [-0.15, -0.1) is 0 Å². The van der Waals surface area contributed by atoms with Gasteiger partial charge in [0.2, 0.25) is 0 Å². The second kappa shape index (κ2) is 3.35. The van der Waals surface area contributed by atoms with Crippen LogP contribution in [0.15, 0.2) is 0 Å². The summed E-state index contributed by atoms with van der Waals surface area (Å²) in [6.45, 7) is 6.26. The van der Waals surface area contributed by atoms with Crippen LogP contribution >= 0.6 is 0 Å². The highest BCUT2D eigenvalue weighted by Gasteiger charge is 2.41. The van der Waals surface area contributed by atoms with Crippen molar-refractivity contribution in [3.05, 3.63) is 0 Å². The van der Waals surface area contributed by atoms with Gasteiger partial charge >= 0.3 is 0 Å². The van der Waals surface area contributed by atoms with Crippen LogP contribution in [0.5, 0.6) is 0 Å². The van der Waals surface area contributed by atoms with E-state index in [-0.39, 0.29) is 0 Å². The molecule has 0 aliphatic carbocycles. The van der Waals surface area contributed by atoms with E-state index in [4.69, 9.17) is 0 Å². The molecule has 0 radical (unpaired) electrons.